The molecule has 0 saturated carbocycles. The number of rotatable bonds is 0. The van der Waals surface area contributed by atoms with Crippen molar-refractivity contribution in [3.63, 3.8) is 0 Å². The molecule has 5 heavy (non-hydrogen) atoms. The number of hydrogen-bond acceptors (Lipinski definition) is 0. The van der Waals surface area contributed by atoms with Crippen molar-refractivity contribution in [2.45, 2.75) is 0 Å². The Kier molecular flexibility index (Phi) is 112. The Morgan fingerprint density at radius 3 is 1.20 bits per heavy atom. The Morgan fingerprint density at radius 2 is 1.20 bits per heavy atom. The molecule has 0 atom stereocenters. The molecule has 0 bridgehead atoms. The van der Waals surface area contributed by atoms with E-state index in [1.165, 1.54) is 0 Å². The zero-order valence-electron chi connectivity index (χ0n) is 1.38. The second kappa shape index (κ2) is 24.3. The van der Waals surface area contributed by atoms with Crippen LogP contribution in [0.2, 0.25) is 0 Å². The zero-order chi connectivity index (χ0) is 2.00. The van der Waals surface area contributed by atoms with Crippen LogP contribution in [0.25, 0.3) is 0 Å². The first kappa shape index (κ1) is 23.0. The summed E-state index contributed by atoms with van der Waals surface area (Å²) in [6.07, 6.45) is 0. The molecule has 0 nitrogen and oxygen atoms in total. The van der Waals surface area contributed by atoms with Crippen LogP contribution in [0.3, 0.4) is 0 Å². The molecule has 0 amide bonds. The molecule has 28 valence electrons. The van der Waals surface area contributed by atoms with Crippen LogP contribution in [-0.4, -0.2) is 113 Å². The van der Waals surface area contributed by atoms with Gasteiger partial charge in [0.05, 0.1) is 0 Å². The summed E-state index contributed by atoms with van der Waals surface area (Å²) in [6.45, 7) is 0. The van der Waals surface area contributed by atoms with Gasteiger partial charge in [-0.05, 0) is 0 Å². The van der Waals surface area contributed by atoms with Crippen molar-refractivity contribution in [2.75, 3.05) is 0 Å². The van der Waals surface area contributed by atoms with Gasteiger partial charge in [0.15, 0.2) is 17.4 Å². The van der Waals surface area contributed by atoms with Crippen molar-refractivity contribution in [1.29, 1.82) is 0 Å². The minimum atomic E-state index is 0. The molecule has 0 aliphatic rings. The summed E-state index contributed by atoms with van der Waals surface area (Å²) in [5.41, 5.74) is 0. The van der Waals surface area contributed by atoms with Crippen LogP contribution in [0.15, 0.2) is 0 Å². The van der Waals surface area contributed by atoms with Crippen molar-refractivity contribution in [1.82, 2.24) is 0 Å². The van der Waals surface area contributed by atoms with Gasteiger partial charge in [-0.15, -0.1) is 0 Å². The van der Waals surface area contributed by atoms with Gasteiger partial charge in [0.1, 0.15) is 0 Å². The molecular weight excluding hydrogens is 287 g/mol. The van der Waals surface area contributed by atoms with E-state index in [4.69, 9.17) is 0 Å². The van der Waals surface area contributed by atoms with E-state index < -0.39 is 0 Å². The van der Waals surface area contributed by atoms with E-state index in [9.17, 15) is 0 Å². The first-order chi connectivity index (χ1) is 1.00. The van der Waals surface area contributed by atoms with Crippen LogP contribution >= 0.6 is 0 Å². The summed E-state index contributed by atoms with van der Waals surface area (Å²) < 4.78 is 0. The van der Waals surface area contributed by atoms with Gasteiger partial charge in [-0.1, -0.05) is 0 Å². The van der Waals surface area contributed by atoms with E-state index in [-0.39, 0.29) is 104 Å². The second-order valence-electron chi connectivity index (χ2n) is 0. The third-order valence-electron chi connectivity index (χ3n) is 0. The van der Waals surface area contributed by atoms with Gasteiger partial charge in [-0.3, -0.25) is 0 Å². The summed E-state index contributed by atoms with van der Waals surface area (Å²) in [5.74, 6) is 0. The molecule has 0 aromatic carbocycles. The van der Waals surface area contributed by atoms with Crippen LogP contribution in [0.5, 0.6) is 0 Å². The Morgan fingerprint density at radius 1 is 1.20 bits per heavy atom. The van der Waals surface area contributed by atoms with Gasteiger partial charge in [0, 0.05) is 0 Å². The fourth-order valence-corrected chi connectivity index (χ4v) is 0. The van der Waals surface area contributed by atoms with E-state index in [0.717, 1.165) is 8.85 Å². The van der Waals surface area contributed by atoms with Crippen LogP contribution < -0.4 is 0 Å². The summed E-state index contributed by atoms with van der Waals surface area (Å²) in [7, 11) is 1.12. The third-order valence-corrected chi connectivity index (χ3v) is 0. The van der Waals surface area contributed by atoms with Crippen molar-refractivity contribution in [2.24, 2.45) is 0 Å². The topological polar surface area (TPSA) is 0 Å². The predicted octanol–water partition coefficient (Wildman–Crippen LogP) is -4.20. The summed E-state index contributed by atoms with van der Waals surface area (Å²) in [6, 6.07) is 0. The van der Waals surface area contributed by atoms with Crippen LogP contribution in [0.4, 0.5) is 0 Å². The van der Waals surface area contributed by atoms with Crippen molar-refractivity contribution >= 4 is 113 Å². The Labute approximate surface area is 124 Å². The molecule has 0 saturated heterocycles. The zero-order valence-corrected chi connectivity index (χ0v) is 4.56. The predicted molar refractivity (Wildman–Crippen MR) is 37.0 cm³/mol. The van der Waals surface area contributed by atoms with Crippen LogP contribution in [-0.2, 0) is 15.4 Å². The fraction of sp³-hybridized carbons (Fsp3) is 0. The SMILES string of the molecule is [AlH3].[BaH2].[CaH2].[SiH3][Mn]. The van der Waals surface area contributed by atoms with Crippen molar-refractivity contribution in [3.05, 3.63) is 0 Å². The molecule has 0 aliphatic heterocycles. The molecular formula is H10AlBaCaMnSi. The average Bonchev–Trinajstić information content (AvgIpc) is 1.00. The normalized spacial score (nSPS) is 1.80. The number of hydrogen-bond donors (Lipinski definition) is 0. The summed E-state index contributed by atoms with van der Waals surface area (Å²) in [5, 5.41) is 0. The van der Waals surface area contributed by atoms with Crippen LogP contribution in [0.1, 0.15) is 0 Å². The molecule has 0 N–H and O–H groups in total. The van der Waals surface area contributed by atoms with Gasteiger partial charge >= 0.3 is 111 Å². The molecule has 0 heterocycles. The maximum absolute atomic E-state index is 3.08. The standard InChI is InChI=1S/Al.Ba.Ca.Mn.H3Si.7H/h;;;;1H3;;;;;;;. The van der Waals surface area contributed by atoms with Crippen molar-refractivity contribution in [3.8, 4) is 0 Å². The Hall–Kier alpha value is 4.10. The summed E-state index contributed by atoms with van der Waals surface area (Å²) >= 11 is 3.08. The minimum absolute atomic E-state index is 0. The van der Waals surface area contributed by atoms with Gasteiger partial charge in [0.2, 0.25) is 0 Å². The molecule has 0 radical (unpaired) electrons. The van der Waals surface area contributed by atoms with Gasteiger partial charge in [0.25, 0.3) is 0 Å². The van der Waals surface area contributed by atoms with Crippen molar-refractivity contribution < 1.29 is 15.4 Å². The molecule has 0 spiro atoms. The average molecular weight is 297 g/mol. The fourth-order valence-electron chi connectivity index (χ4n) is 0. The molecule has 0 rings (SSSR count). The van der Waals surface area contributed by atoms with Gasteiger partial charge < -0.3 is 0 Å². The molecule has 0 unspecified atom stereocenters. The van der Waals surface area contributed by atoms with E-state index >= 15 is 0 Å². The molecule has 0 aromatic rings. The first-order valence-corrected chi connectivity index (χ1v) is 4.68. The molecule has 0 aromatic heterocycles. The quantitative estimate of drug-likeness (QED) is 0.398. The summed E-state index contributed by atoms with van der Waals surface area (Å²) in [4.78, 5) is 0. The van der Waals surface area contributed by atoms with E-state index in [1.807, 2.05) is 0 Å². The van der Waals surface area contributed by atoms with Crippen LogP contribution in [0, 0.1) is 0 Å². The monoisotopic (exact) mass is 298 g/mol. The van der Waals surface area contributed by atoms with E-state index in [2.05, 4.69) is 15.4 Å². The Balaban J connectivity index is -0.00000000167. The molecule has 0 aliphatic carbocycles. The van der Waals surface area contributed by atoms with Gasteiger partial charge in [-0.2, -0.15) is 0 Å². The van der Waals surface area contributed by atoms with E-state index in [0.29, 0.717) is 0 Å². The van der Waals surface area contributed by atoms with Gasteiger partial charge in [-0.25, -0.2) is 0 Å². The third kappa shape index (κ3) is 17.9. The molecule has 0 fully saturated rings. The first-order valence-electron chi connectivity index (χ1n) is 0.378. The maximum atomic E-state index is 3.08. The van der Waals surface area contributed by atoms with E-state index in [1.54, 1.807) is 0 Å². The molecule has 5 heteroatoms. The Bertz CT molecular complexity index is 11.6. The second-order valence-corrected chi connectivity index (χ2v) is 0.